The highest BCUT2D eigenvalue weighted by Gasteiger charge is 2.56. The van der Waals surface area contributed by atoms with Gasteiger partial charge in [0.15, 0.2) is 0 Å². The van der Waals surface area contributed by atoms with Crippen molar-refractivity contribution >= 4 is 28.0 Å². The number of halogens is 3. The monoisotopic (exact) mass is 660 g/mol. The van der Waals surface area contributed by atoms with Gasteiger partial charge in [0.1, 0.15) is 11.8 Å². The van der Waals surface area contributed by atoms with Crippen LogP contribution < -0.4 is 5.32 Å². The van der Waals surface area contributed by atoms with Crippen molar-refractivity contribution in [3.63, 3.8) is 0 Å². The molecule has 1 saturated carbocycles. The molecule has 2 aliphatic heterocycles. The van der Waals surface area contributed by atoms with E-state index in [0.717, 1.165) is 28.3 Å². The van der Waals surface area contributed by atoms with Crippen molar-refractivity contribution in [3.05, 3.63) is 94.3 Å². The van der Waals surface area contributed by atoms with Gasteiger partial charge < -0.3 is 19.7 Å². The van der Waals surface area contributed by atoms with Crippen LogP contribution in [0.5, 0.6) is 0 Å². The van der Waals surface area contributed by atoms with Gasteiger partial charge in [0, 0.05) is 18.8 Å². The zero-order chi connectivity index (χ0) is 33.0. The summed E-state index contributed by atoms with van der Waals surface area (Å²) in [6, 6.07) is 14.4. The van der Waals surface area contributed by atoms with Crippen LogP contribution in [0.3, 0.4) is 0 Å². The number of benzene rings is 2. The van der Waals surface area contributed by atoms with Crippen molar-refractivity contribution in [1.29, 1.82) is 0 Å². The molecule has 0 unspecified atom stereocenters. The molecule has 2 amide bonds. The number of carbonyl (C=O) groups is 3. The van der Waals surface area contributed by atoms with Gasteiger partial charge in [0.2, 0.25) is 10.0 Å². The topological polar surface area (TPSA) is 138 Å². The van der Waals surface area contributed by atoms with Gasteiger partial charge in [0.25, 0.3) is 5.91 Å². The summed E-state index contributed by atoms with van der Waals surface area (Å²) < 4.78 is 73.2. The van der Waals surface area contributed by atoms with E-state index in [2.05, 4.69) is 5.32 Å². The number of cyclic esters (lactones) is 1. The summed E-state index contributed by atoms with van der Waals surface area (Å²) in [5.74, 6) is -1.96. The molecule has 2 atom stereocenters. The van der Waals surface area contributed by atoms with E-state index in [4.69, 9.17) is 4.74 Å². The molecule has 15 heteroatoms. The van der Waals surface area contributed by atoms with Crippen LogP contribution in [0.15, 0.2) is 60.7 Å². The molecule has 3 heterocycles. The number of hydrogen-bond donors (Lipinski definition) is 2. The van der Waals surface area contributed by atoms with Crippen molar-refractivity contribution in [2.24, 2.45) is 0 Å². The van der Waals surface area contributed by atoms with Gasteiger partial charge in [-0.1, -0.05) is 42.5 Å². The molecule has 2 N–H and O–H groups in total. The number of alkyl halides is 3. The maximum Gasteiger partial charge on any atom is 0.416 e. The highest BCUT2D eigenvalue weighted by Crippen LogP contribution is 2.53. The second kappa shape index (κ2) is 11.5. The lowest BCUT2D eigenvalue weighted by molar-refractivity contribution is -0.137. The van der Waals surface area contributed by atoms with Crippen LogP contribution in [0, 0.1) is 0 Å². The number of nitrogens with one attached hydrogen (secondary N) is 1. The molecule has 0 spiro atoms. The van der Waals surface area contributed by atoms with E-state index < -0.39 is 57.4 Å². The van der Waals surface area contributed by atoms with Crippen molar-refractivity contribution in [3.8, 4) is 0 Å². The quantitative estimate of drug-likeness (QED) is 0.356. The zero-order valence-electron chi connectivity index (χ0n) is 24.7. The molecule has 3 aliphatic rings. The molecule has 3 aromatic rings. The highest BCUT2D eigenvalue weighted by molar-refractivity contribution is 7.88. The van der Waals surface area contributed by atoms with E-state index in [0.29, 0.717) is 18.4 Å². The van der Waals surface area contributed by atoms with E-state index >= 15 is 0 Å². The van der Waals surface area contributed by atoms with Gasteiger partial charge in [-0.3, -0.25) is 9.69 Å². The Labute approximate surface area is 262 Å². The fourth-order valence-electron chi connectivity index (χ4n) is 6.38. The summed E-state index contributed by atoms with van der Waals surface area (Å²) in [4.78, 5) is 40.6. The Morgan fingerprint density at radius 1 is 1.09 bits per heavy atom. The fourth-order valence-corrected chi connectivity index (χ4v) is 7.15. The Bertz CT molecular complexity index is 1810. The van der Waals surface area contributed by atoms with Crippen LogP contribution in [0.4, 0.5) is 18.0 Å². The second-order valence-electron chi connectivity index (χ2n) is 11.9. The summed E-state index contributed by atoms with van der Waals surface area (Å²) in [5, 5.41) is 12.7. The van der Waals surface area contributed by atoms with Crippen LogP contribution in [0.2, 0.25) is 0 Å². The van der Waals surface area contributed by atoms with Gasteiger partial charge >= 0.3 is 18.2 Å². The minimum atomic E-state index is -4.55. The van der Waals surface area contributed by atoms with Gasteiger partial charge in [-0.25, -0.2) is 18.0 Å². The number of aromatic nitrogens is 1. The van der Waals surface area contributed by atoms with Crippen LogP contribution in [-0.2, 0) is 46.0 Å². The van der Waals surface area contributed by atoms with Crippen LogP contribution in [0.25, 0.3) is 0 Å². The largest absolute Gasteiger partial charge is 0.478 e. The molecule has 6 rings (SSSR count). The third-order valence-corrected chi connectivity index (χ3v) is 10.2. The normalized spacial score (nSPS) is 20.1. The SMILES string of the molecule is CS(=O)(=O)N1CCn2c(C(=O)N[C@@H](Cc3ccccc3)[C@H]3CN(C4(c5cccc(C(F)(F)F)c5)CC4)C(=O)O3)cc(C(=O)O)c2C1. The van der Waals surface area contributed by atoms with Crippen LogP contribution in [-0.4, -0.2) is 76.8 Å². The lowest BCUT2D eigenvalue weighted by atomic mass is 9.98. The number of rotatable bonds is 9. The molecule has 0 radical (unpaired) electrons. The molecule has 0 bridgehead atoms. The predicted molar refractivity (Wildman–Crippen MR) is 157 cm³/mol. The maximum absolute atomic E-state index is 13.8. The summed E-state index contributed by atoms with van der Waals surface area (Å²) in [5.41, 5.74) is -0.622. The smallest absolute Gasteiger partial charge is 0.416 e. The lowest BCUT2D eigenvalue weighted by Gasteiger charge is -2.29. The number of carboxylic acid groups (broad SMARTS) is 1. The van der Waals surface area contributed by atoms with Crippen LogP contribution in [0.1, 0.15) is 56.1 Å². The molecule has 244 valence electrons. The average molecular weight is 661 g/mol. The molecule has 2 fully saturated rings. The maximum atomic E-state index is 13.8. The Hall–Kier alpha value is -4.37. The first-order valence-electron chi connectivity index (χ1n) is 14.6. The van der Waals surface area contributed by atoms with Crippen molar-refractivity contribution < 1.29 is 45.8 Å². The Balaban J connectivity index is 1.28. The van der Waals surface area contributed by atoms with E-state index in [1.807, 2.05) is 30.3 Å². The minimum absolute atomic E-state index is 0.00279. The number of nitrogens with zero attached hydrogens (tertiary/aromatic N) is 3. The van der Waals surface area contributed by atoms with Gasteiger partial charge in [-0.2, -0.15) is 17.5 Å². The standard InChI is InChI=1S/C31H31F3N4O7S/c1-46(43,44)36-12-13-37-24(16-22(28(40)41)25(37)17-36)27(39)35-23(14-19-6-3-2-4-7-19)26-18-38(29(42)45-26)30(10-11-30)20-8-5-9-21(15-20)31(32,33)34/h2-9,15-16,23,26H,10-14,17-18H2,1H3,(H,35,39)(H,40,41)/t23-,26+/m0/s1. The summed E-state index contributed by atoms with van der Waals surface area (Å²) in [6.07, 6.45) is -3.98. The number of sulfonamides is 1. The fraction of sp³-hybridized carbons (Fsp3) is 0.387. The first kappa shape index (κ1) is 31.6. The second-order valence-corrected chi connectivity index (χ2v) is 13.8. The zero-order valence-corrected chi connectivity index (χ0v) is 25.5. The lowest BCUT2D eigenvalue weighted by Crippen LogP contribution is -2.48. The molecule has 1 aromatic heterocycles. The van der Waals surface area contributed by atoms with E-state index in [1.54, 1.807) is 6.07 Å². The number of carboxylic acids is 1. The molecule has 11 nitrogen and oxygen atoms in total. The number of ether oxygens (including phenoxy) is 1. The summed E-state index contributed by atoms with van der Waals surface area (Å²) >= 11 is 0. The highest BCUT2D eigenvalue weighted by atomic mass is 32.2. The van der Waals surface area contributed by atoms with Crippen molar-refractivity contribution in [1.82, 2.24) is 19.1 Å². The van der Waals surface area contributed by atoms with E-state index in [1.165, 1.54) is 21.6 Å². The minimum Gasteiger partial charge on any atom is -0.478 e. The number of hydrogen-bond acceptors (Lipinski definition) is 6. The van der Waals surface area contributed by atoms with Crippen molar-refractivity contribution in [2.75, 3.05) is 19.3 Å². The van der Waals surface area contributed by atoms with Gasteiger partial charge in [0.05, 0.1) is 42.1 Å². The van der Waals surface area contributed by atoms with E-state index in [-0.39, 0.29) is 49.6 Å². The number of aromatic carboxylic acids is 1. The number of fused-ring (bicyclic) bond motifs is 1. The Kier molecular flexibility index (Phi) is 7.87. The summed E-state index contributed by atoms with van der Waals surface area (Å²) in [7, 11) is -3.62. The first-order valence-corrected chi connectivity index (χ1v) is 16.4. The first-order chi connectivity index (χ1) is 21.7. The predicted octanol–water partition coefficient (Wildman–Crippen LogP) is 3.83. The molecule has 46 heavy (non-hydrogen) atoms. The van der Waals surface area contributed by atoms with Gasteiger partial charge in [-0.15, -0.1) is 0 Å². The average Bonchev–Trinajstić information content (AvgIpc) is 3.56. The molecule has 2 aromatic carbocycles. The molecule has 1 aliphatic carbocycles. The van der Waals surface area contributed by atoms with Crippen LogP contribution >= 0.6 is 0 Å². The molecule has 1 saturated heterocycles. The number of carbonyl (C=O) groups excluding carboxylic acids is 2. The molecular formula is C31H31F3N4O7S. The third kappa shape index (κ3) is 5.96. The van der Waals surface area contributed by atoms with Gasteiger partial charge in [-0.05, 0) is 48.6 Å². The van der Waals surface area contributed by atoms with E-state index in [9.17, 15) is 41.1 Å². The molecular weight excluding hydrogens is 629 g/mol. The summed E-state index contributed by atoms with van der Waals surface area (Å²) in [6.45, 7) is -0.121. The Morgan fingerprint density at radius 2 is 1.80 bits per heavy atom. The van der Waals surface area contributed by atoms with Crippen molar-refractivity contribution in [2.45, 2.75) is 56.2 Å². The third-order valence-electron chi connectivity index (χ3n) is 8.91. The Morgan fingerprint density at radius 3 is 2.43 bits per heavy atom. The number of amides is 2.